The third-order valence-corrected chi connectivity index (χ3v) is 5.76. The van der Waals surface area contributed by atoms with Crippen LogP contribution in [-0.2, 0) is 11.2 Å². The van der Waals surface area contributed by atoms with Gasteiger partial charge in [-0.05, 0) is 48.4 Å². The Morgan fingerprint density at radius 3 is 2.84 bits per heavy atom. The lowest BCUT2D eigenvalue weighted by Gasteiger charge is -2.19. The van der Waals surface area contributed by atoms with E-state index >= 15 is 0 Å². The summed E-state index contributed by atoms with van der Waals surface area (Å²) in [6.45, 7) is 1.06. The number of hydrogen-bond donors (Lipinski definition) is 1. The van der Waals surface area contributed by atoms with Crippen molar-refractivity contribution in [2.45, 2.75) is 31.6 Å². The van der Waals surface area contributed by atoms with Gasteiger partial charge in [0.05, 0.1) is 19.2 Å². The Balaban J connectivity index is 1.31. The molecule has 6 nitrogen and oxygen atoms in total. The molecule has 0 aliphatic heterocycles. The number of aromatic nitrogens is 2. The summed E-state index contributed by atoms with van der Waals surface area (Å²) in [6.07, 6.45) is 3.82. The zero-order valence-corrected chi connectivity index (χ0v) is 18.0. The van der Waals surface area contributed by atoms with E-state index in [1.165, 1.54) is 11.8 Å². The summed E-state index contributed by atoms with van der Waals surface area (Å²) in [4.78, 5) is 21.3. The monoisotopic (exact) mass is 435 g/mol. The zero-order chi connectivity index (χ0) is 22.5. The molecule has 1 aliphatic rings. The highest BCUT2D eigenvalue weighted by Gasteiger charge is 2.24. The lowest BCUT2D eigenvalue weighted by molar-refractivity contribution is -0.137. The second kappa shape index (κ2) is 9.77. The van der Waals surface area contributed by atoms with Crippen LogP contribution in [0.2, 0.25) is 0 Å². The van der Waals surface area contributed by atoms with Gasteiger partial charge in [0.15, 0.2) is 17.5 Å². The highest BCUT2D eigenvalue weighted by Crippen LogP contribution is 2.37. The number of nitrogens with zero attached hydrogens (tertiary/aromatic N) is 3. The molecule has 1 heterocycles. The predicted octanol–water partition coefficient (Wildman–Crippen LogP) is 4.69. The third-order valence-electron chi connectivity index (χ3n) is 5.76. The van der Waals surface area contributed by atoms with Gasteiger partial charge in [-0.25, -0.2) is 14.4 Å². The average Bonchev–Trinajstić information content (AvgIpc) is 3.19. The molecule has 0 fully saturated rings. The molecule has 4 rings (SSSR count). The van der Waals surface area contributed by atoms with Gasteiger partial charge < -0.3 is 14.7 Å². The number of halogens is 1. The number of ether oxygens (including phenoxy) is 1. The largest absolute Gasteiger partial charge is 0.494 e. The Hall–Kier alpha value is -3.48. The summed E-state index contributed by atoms with van der Waals surface area (Å²) in [6, 6.07) is 15.4. The highest BCUT2D eigenvalue weighted by molar-refractivity contribution is 5.68. The maximum absolute atomic E-state index is 14.3. The highest BCUT2D eigenvalue weighted by atomic mass is 19.1. The Bertz CT molecular complexity index is 1090. The second-order valence-corrected chi connectivity index (χ2v) is 8.05. The third kappa shape index (κ3) is 5.04. The number of benzene rings is 2. The predicted molar refractivity (Wildman–Crippen MR) is 121 cm³/mol. The quantitative estimate of drug-likeness (QED) is 0.492. The van der Waals surface area contributed by atoms with Gasteiger partial charge in [0.2, 0.25) is 0 Å². The fourth-order valence-electron chi connectivity index (χ4n) is 4.14. The molecular weight excluding hydrogens is 409 g/mol. The molecule has 166 valence electrons. The zero-order valence-electron chi connectivity index (χ0n) is 18.0. The Morgan fingerprint density at radius 1 is 1.25 bits per heavy atom. The molecule has 0 radical (unpaired) electrons. The number of hydrogen-bond acceptors (Lipinski definition) is 5. The van der Waals surface area contributed by atoms with Crippen LogP contribution in [0.25, 0.3) is 11.4 Å². The van der Waals surface area contributed by atoms with Crippen molar-refractivity contribution >= 4 is 11.8 Å². The lowest BCUT2D eigenvalue weighted by atomic mass is 9.98. The van der Waals surface area contributed by atoms with Gasteiger partial charge in [-0.15, -0.1) is 0 Å². The fourth-order valence-corrected chi connectivity index (χ4v) is 4.14. The van der Waals surface area contributed by atoms with E-state index in [0.717, 1.165) is 29.7 Å². The molecule has 0 spiro atoms. The molecule has 1 aliphatic carbocycles. The topological polar surface area (TPSA) is 75.5 Å². The van der Waals surface area contributed by atoms with Crippen molar-refractivity contribution in [2.24, 2.45) is 0 Å². The minimum absolute atomic E-state index is 0.0914. The number of anilines is 1. The average molecular weight is 435 g/mol. The summed E-state index contributed by atoms with van der Waals surface area (Å²) in [5.74, 6) is 0.409. The standard InChI is InChI=1S/C25H26FN3O3/c1-29(25-22(26)16-27-24(28-25)17-6-3-2-4-7-17)12-5-13-32-20-10-11-21-18(14-20)8-9-19(21)15-23(30)31/h2-4,6-7,10-11,14,16,19H,5,8-9,12-13,15H2,1H3,(H,30,31)/t19-/m0/s1. The van der Waals surface area contributed by atoms with Gasteiger partial charge in [-0.2, -0.15) is 0 Å². The van der Waals surface area contributed by atoms with Gasteiger partial charge in [0.25, 0.3) is 0 Å². The summed E-state index contributed by atoms with van der Waals surface area (Å²) < 4.78 is 20.2. The number of aliphatic carboxylic acids is 1. The first-order valence-corrected chi connectivity index (χ1v) is 10.8. The number of carbonyl (C=O) groups is 1. The number of fused-ring (bicyclic) bond motifs is 1. The van der Waals surface area contributed by atoms with Gasteiger partial charge in [-0.1, -0.05) is 36.4 Å². The van der Waals surface area contributed by atoms with Crippen LogP contribution >= 0.6 is 0 Å². The first kappa shape index (κ1) is 21.7. The maximum atomic E-state index is 14.3. The molecule has 32 heavy (non-hydrogen) atoms. The van der Waals surface area contributed by atoms with E-state index < -0.39 is 11.8 Å². The van der Waals surface area contributed by atoms with Gasteiger partial charge in [-0.3, -0.25) is 4.79 Å². The van der Waals surface area contributed by atoms with Crippen LogP contribution in [0.15, 0.2) is 54.7 Å². The van der Waals surface area contributed by atoms with E-state index in [9.17, 15) is 9.18 Å². The van der Waals surface area contributed by atoms with E-state index in [2.05, 4.69) is 9.97 Å². The Morgan fingerprint density at radius 2 is 2.06 bits per heavy atom. The molecule has 3 aromatic rings. The van der Waals surface area contributed by atoms with Crippen LogP contribution in [0.3, 0.4) is 0 Å². The van der Waals surface area contributed by atoms with Crippen molar-refractivity contribution in [2.75, 3.05) is 25.1 Å². The van der Waals surface area contributed by atoms with Crippen LogP contribution in [0.4, 0.5) is 10.2 Å². The van der Waals surface area contributed by atoms with Gasteiger partial charge in [0.1, 0.15) is 5.75 Å². The Labute approximate surface area is 186 Å². The smallest absolute Gasteiger partial charge is 0.303 e. The van der Waals surface area contributed by atoms with Crippen LogP contribution < -0.4 is 9.64 Å². The van der Waals surface area contributed by atoms with E-state index in [-0.39, 0.29) is 18.2 Å². The van der Waals surface area contributed by atoms with Crippen molar-refractivity contribution in [1.29, 1.82) is 0 Å². The van der Waals surface area contributed by atoms with Crippen molar-refractivity contribution in [3.05, 3.63) is 71.7 Å². The van der Waals surface area contributed by atoms with E-state index in [1.807, 2.05) is 48.5 Å². The normalized spacial score (nSPS) is 14.8. The Kier molecular flexibility index (Phi) is 6.63. The molecule has 1 aromatic heterocycles. The minimum atomic E-state index is -0.761. The first-order chi connectivity index (χ1) is 15.5. The molecule has 0 amide bonds. The van der Waals surface area contributed by atoms with Crippen LogP contribution in [0.1, 0.15) is 36.3 Å². The fraction of sp³-hybridized carbons (Fsp3) is 0.320. The van der Waals surface area contributed by atoms with Gasteiger partial charge in [0, 0.05) is 19.2 Å². The molecule has 0 saturated carbocycles. The van der Waals surface area contributed by atoms with Crippen molar-refractivity contribution in [1.82, 2.24) is 9.97 Å². The SMILES string of the molecule is CN(CCCOc1ccc2c(c1)CC[C@H]2CC(=O)O)c1nc(-c2ccccc2)ncc1F. The van der Waals surface area contributed by atoms with E-state index in [0.29, 0.717) is 25.4 Å². The van der Waals surface area contributed by atoms with Crippen molar-refractivity contribution in [3.8, 4) is 17.1 Å². The van der Waals surface area contributed by atoms with Crippen LogP contribution in [-0.4, -0.2) is 41.2 Å². The minimum Gasteiger partial charge on any atom is -0.494 e. The number of carboxylic acid groups (broad SMARTS) is 1. The summed E-state index contributed by atoms with van der Waals surface area (Å²) in [7, 11) is 1.80. The molecular formula is C25H26FN3O3. The molecule has 0 saturated heterocycles. The number of aryl methyl sites for hydroxylation is 1. The molecule has 1 N–H and O–H groups in total. The van der Waals surface area contributed by atoms with Gasteiger partial charge >= 0.3 is 5.97 Å². The molecule has 7 heteroatoms. The lowest BCUT2D eigenvalue weighted by Crippen LogP contribution is -2.23. The summed E-state index contributed by atoms with van der Waals surface area (Å²) in [5, 5.41) is 9.05. The number of carboxylic acids is 1. The molecule has 1 atom stereocenters. The van der Waals surface area contributed by atoms with Crippen molar-refractivity contribution < 1.29 is 19.0 Å². The van der Waals surface area contributed by atoms with Crippen LogP contribution in [0, 0.1) is 5.82 Å². The van der Waals surface area contributed by atoms with Crippen LogP contribution in [0.5, 0.6) is 5.75 Å². The van der Waals surface area contributed by atoms with E-state index in [4.69, 9.17) is 9.84 Å². The van der Waals surface area contributed by atoms with E-state index in [1.54, 1.807) is 11.9 Å². The summed E-state index contributed by atoms with van der Waals surface area (Å²) in [5.41, 5.74) is 3.13. The molecule has 0 unspecified atom stereocenters. The molecule has 2 aromatic carbocycles. The number of rotatable bonds is 9. The van der Waals surface area contributed by atoms with Crippen molar-refractivity contribution in [3.63, 3.8) is 0 Å². The maximum Gasteiger partial charge on any atom is 0.303 e. The first-order valence-electron chi connectivity index (χ1n) is 10.8. The molecule has 0 bridgehead atoms. The summed E-state index contributed by atoms with van der Waals surface area (Å²) >= 11 is 0. The second-order valence-electron chi connectivity index (χ2n) is 8.05.